The number of aliphatic carboxylic acids is 1. The number of carbonyl (C=O) groups is 2. The molecule has 0 aromatic heterocycles. The van der Waals surface area contributed by atoms with Crippen molar-refractivity contribution in [2.24, 2.45) is 11.8 Å². The molecule has 1 aliphatic heterocycles. The van der Waals surface area contributed by atoms with Gasteiger partial charge in [-0.1, -0.05) is 20.3 Å². The highest BCUT2D eigenvalue weighted by atomic mass is 16.4. The van der Waals surface area contributed by atoms with Crippen LogP contribution in [0.5, 0.6) is 0 Å². The van der Waals surface area contributed by atoms with Crippen molar-refractivity contribution in [1.29, 1.82) is 0 Å². The summed E-state index contributed by atoms with van der Waals surface area (Å²) >= 11 is 0. The van der Waals surface area contributed by atoms with Crippen LogP contribution in [0.2, 0.25) is 0 Å². The molecule has 0 spiro atoms. The van der Waals surface area contributed by atoms with E-state index < -0.39 is 11.9 Å². The molecule has 2 atom stereocenters. The Labute approximate surface area is 115 Å². The Hall–Kier alpha value is -1.26. The molecule has 2 unspecified atom stereocenters. The predicted molar refractivity (Wildman–Crippen MR) is 74.0 cm³/mol. The van der Waals surface area contributed by atoms with Gasteiger partial charge in [-0.2, -0.15) is 0 Å². The van der Waals surface area contributed by atoms with Crippen LogP contribution in [0.15, 0.2) is 0 Å². The van der Waals surface area contributed by atoms with Crippen molar-refractivity contribution in [2.45, 2.75) is 46.0 Å². The van der Waals surface area contributed by atoms with Gasteiger partial charge in [-0.25, -0.2) is 4.79 Å². The molecule has 19 heavy (non-hydrogen) atoms. The molecule has 0 bridgehead atoms. The number of rotatable bonds is 5. The summed E-state index contributed by atoms with van der Waals surface area (Å²) in [6.45, 7) is 5.81. The maximum absolute atomic E-state index is 12.0. The van der Waals surface area contributed by atoms with Gasteiger partial charge in [0.2, 0.25) is 0 Å². The maximum atomic E-state index is 12.0. The Morgan fingerprint density at radius 2 is 2.05 bits per heavy atom. The number of nitrogens with one attached hydrogen (secondary N) is 1. The van der Waals surface area contributed by atoms with Crippen molar-refractivity contribution in [2.75, 3.05) is 19.6 Å². The van der Waals surface area contributed by atoms with Gasteiger partial charge in [0.25, 0.3) is 0 Å². The van der Waals surface area contributed by atoms with Crippen LogP contribution in [0.25, 0.3) is 0 Å². The van der Waals surface area contributed by atoms with Crippen LogP contribution in [0.4, 0.5) is 4.79 Å². The molecular weight excluding hydrogens is 244 g/mol. The quantitative estimate of drug-likeness (QED) is 0.805. The van der Waals surface area contributed by atoms with Gasteiger partial charge in [-0.15, -0.1) is 0 Å². The molecule has 5 nitrogen and oxygen atoms in total. The molecule has 1 heterocycles. The summed E-state index contributed by atoms with van der Waals surface area (Å²) in [7, 11) is 0. The first-order valence-electron chi connectivity index (χ1n) is 7.34. The second-order valence-electron chi connectivity index (χ2n) is 5.32. The Morgan fingerprint density at radius 3 is 2.63 bits per heavy atom. The van der Waals surface area contributed by atoms with Crippen LogP contribution >= 0.6 is 0 Å². The van der Waals surface area contributed by atoms with E-state index in [1.165, 1.54) is 12.8 Å². The average Bonchev–Trinajstić information content (AvgIpc) is 2.64. The molecule has 110 valence electrons. The first-order chi connectivity index (χ1) is 9.08. The number of nitrogens with zero attached hydrogens (tertiary/aromatic N) is 1. The van der Waals surface area contributed by atoms with Gasteiger partial charge in [-0.3, -0.25) is 4.79 Å². The minimum absolute atomic E-state index is 0.114. The number of likely N-dealkylation sites (tertiary alicyclic amines) is 1. The lowest BCUT2D eigenvalue weighted by atomic mass is 9.98. The van der Waals surface area contributed by atoms with Gasteiger partial charge in [0.05, 0.1) is 5.92 Å². The average molecular weight is 270 g/mol. The third kappa shape index (κ3) is 5.09. The van der Waals surface area contributed by atoms with Gasteiger partial charge in [0.15, 0.2) is 0 Å². The van der Waals surface area contributed by atoms with E-state index in [9.17, 15) is 9.59 Å². The van der Waals surface area contributed by atoms with Gasteiger partial charge in [0, 0.05) is 19.6 Å². The summed E-state index contributed by atoms with van der Waals surface area (Å²) in [5.41, 5.74) is 0. The third-order valence-electron chi connectivity index (χ3n) is 4.05. The van der Waals surface area contributed by atoms with Crippen molar-refractivity contribution in [3.8, 4) is 0 Å². The van der Waals surface area contributed by atoms with Crippen molar-refractivity contribution in [3.63, 3.8) is 0 Å². The molecule has 2 amide bonds. The van der Waals surface area contributed by atoms with Crippen LogP contribution in [0, 0.1) is 11.8 Å². The van der Waals surface area contributed by atoms with Crippen LogP contribution in [-0.4, -0.2) is 41.6 Å². The Kier molecular flexibility index (Phi) is 6.67. The van der Waals surface area contributed by atoms with Crippen molar-refractivity contribution < 1.29 is 14.7 Å². The summed E-state index contributed by atoms with van der Waals surface area (Å²) in [6, 6.07) is -0.114. The molecule has 0 aromatic rings. The summed E-state index contributed by atoms with van der Waals surface area (Å²) in [4.78, 5) is 24.7. The summed E-state index contributed by atoms with van der Waals surface area (Å²) in [5.74, 6) is -0.607. The van der Waals surface area contributed by atoms with E-state index in [4.69, 9.17) is 5.11 Å². The third-order valence-corrected chi connectivity index (χ3v) is 4.05. The Morgan fingerprint density at radius 1 is 1.32 bits per heavy atom. The van der Waals surface area contributed by atoms with E-state index in [0.717, 1.165) is 31.8 Å². The predicted octanol–water partition coefficient (Wildman–Crippen LogP) is 2.32. The molecular formula is C14H26N2O3. The first kappa shape index (κ1) is 15.8. The molecule has 0 saturated carbocycles. The van der Waals surface area contributed by atoms with Gasteiger partial charge in [0.1, 0.15) is 0 Å². The topological polar surface area (TPSA) is 69.6 Å². The molecule has 1 aliphatic rings. The lowest BCUT2D eigenvalue weighted by Crippen LogP contribution is -2.43. The molecule has 2 N–H and O–H groups in total. The molecule has 0 aliphatic carbocycles. The van der Waals surface area contributed by atoms with Crippen LogP contribution < -0.4 is 5.32 Å². The SMILES string of the molecule is CCC1CCCN(C(=O)NCC(CC)C(=O)O)CC1. The minimum atomic E-state index is -0.843. The van der Waals surface area contributed by atoms with E-state index in [2.05, 4.69) is 12.2 Å². The molecule has 0 aromatic carbocycles. The number of urea groups is 1. The van der Waals surface area contributed by atoms with E-state index in [1.807, 2.05) is 11.8 Å². The van der Waals surface area contributed by atoms with Crippen LogP contribution in [0.1, 0.15) is 46.0 Å². The smallest absolute Gasteiger partial charge is 0.317 e. The van der Waals surface area contributed by atoms with Gasteiger partial charge in [-0.05, 0) is 31.6 Å². The van der Waals surface area contributed by atoms with Crippen molar-refractivity contribution in [1.82, 2.24) is 10.2 Å². The van der Waals surface area contributed by atoms with E-state index in [1.54, 1.807) is 0 Å². The molecule has 1 rings (SSSR count). The lowest BCUT2D eigenvalue weighted by Gasteiger charge is -2.22. The maximum Gasteiger partial charge on any atom is 0.317 e. The lowest BCUT2D eigenvalue weighted by molar-refractivity contribution is -0.141. The van der Waals surface area contributed by atoms with E-state index in [-0.39, 0.29) is 12.6 Å². The number of carboxylic acids is 1. The number of hydrogen-bond donors (Lipinski definition) is 2. The number of carbonyl (C=O) groups excluding carboxylic acids is 1. The molecule has 0 radical (unpaired) electrons. The number of carboxylic acid groups (broad SMARTS) is 1. The fourth-order valence-electron chi connectivity index (χ4n) is 2.51. The zero-order valence-corrected chi connectivity index (χ0v) is 12.0. The molecule has 1 saturated heterocycles. The summed E-state index contributed by atoms with van der Waals surface area (Å²) in [6.07, 6.45) is 5.00. The van der Waals surface area contributed by atoms with E-state index >= 15 is 0 Å². The van der Waals surface area contributed by atoms with Crippen LogP contribution in [-0.2, 0) is 4.79 Å². The second kappa shape index (κ2) is 8.02. The fourth-order valence-corrected chi connectivity index (χ4v) is 2.51. The monoisotopic (exact) mass is 270 g/mol. The van der Waals surface area contributed by atoms with Gasteiger partial charge < -0.3 is 15.3 Å². The highest BCUT2D eigenvalue weighted by molar-refractivity contribution is 5.76. The standard InChI is InChI=1S/C14H26N2O3/c1-3-11-6-5-8-16(9-7-11)14(19)15-10-12(4-2)13(17)18/h11-12H,3-10H2,1-2H3,(H,15,19)(H,17,18). The van der Waals surface area contributed by atoms with Gasteiger partial charge >= 0.3 is 12.0 Å². The fraction of sp³-hybridized carbons (Fsp3) is 0.857. The first-order valence-corrected chi connectivity index (χ1v) is 7.34. The highest BCUT2D eigenvalue weighted by Gasteiger charge is 2.21. The van der Waals surface area contributed by atoms with Crippen molar-refractivity contribution in [3.05, 3.63) is 0 Å². The summed E-state index contributed by atoms with van der Waals surface area (Å²) in [5, 5.41) is 11.7. The number of amides is 2. The summed E-state index contributed by atoms with van der Waals surface area (Å²) < 4.78 is 0. The molecule has 5 heteroatoms. The zero-order chi connectivity index (χ0) is 14.3. The van der Waals surface area contributed by atoms with Crippen LogP contribution in [0.3, 0.4) is 0 Å². The highest BCUT2D eigenvalue weighted by Crippen LogP contribution is 2.20. The largest absolute Gasteiger partial charge is 0.481 e. The van der Waals surface area contributed by atoms with Crippen molar-refractivity contribution >= 4 is 12.0 Å². The Bertz CT molecular complexity index is 307. The zero-order valence-electron chi connectivity index (χ0n) is 12.0. The Balaban J connectivity index is 2.38. The number of hydrogen-bond acceptors (Lipinski definition) is 2. The minimum Gasteiger partial charge on any atom is -0.481 e. The van der Waals surface area contributed by atoms with E-state index in [0.29, 0.717) is 6.42 Å². The molecule has 1 fully saturated rings. The second-order valence-corrected chi connectivity index (χ2v) is 5.32. The normalized spacial score (nSPS) is 21.6.